The molecule has 1 aromatic carbocycles. The summed E-state index contributed by atoms with van der Waals surface area (Å²) >= 11 is 4.73. The van der Waals surface area contributed by atoms with Gasteiger partial charge in [0.05, 0.1) is 16.2 Å². The molecule has 1 unspecified atom stereocenters. The summed E-state index contributed by atoms with van der Waals surface area (Å²) in [5.74, 6) is -0.0483. The van der Waals surface area contributed by atoms with E-state index in [-0.39, 0.29) is 16.7 Å². The van der Waals surface area contributed by atoms with Crippen molar-refractivity contribution in [1.29, 1.82) is 0 Å². The predicted octanol–water partition coefficient (Wildman–Crippen LogP) is 3.59. The Morgan fingerprint density at radius 2 is 2.19 bits per heavy atom. The molecule has 1 atom stereocenters. The third-order valence-electron chi connectivity index (χ3n) is 3.96. The van der Waals surface area contributed by atoms with E-state index in [9.17, 15) is 9.59 Å². The number of aromatic nitrogens is 2. The third-order valence-corrected chi connectivity index (χ3v) is 5.54. The molecule has 2 rings (SSSR count). The molecule has 27 heavy (non-hydrogen) atoms. The van der Waals surface area contributed by atoms with Crippen LogP contribution in [0.4, 0.5) is 0 Å². The molecule has 0 bridgehead atoms. The molecule has 0 radical (unpaired) electrons. The van der Waals surface area contributed by atoms with Gasteiger partial charge in [-0.1, -0.05) is 34.6 Å². The maximum Gasteiger partial charge on any atom is 0.262 e. The van der Waals surface area contributed by atoms with E-state index in [0.29, 0.717) is 48.8 Å². The van der Waals surface area contributed by atoms with Crippen LogP contribution in [-0.4, -0.2) is 40.5 Å². The van der Waals surface area contributed by atoms with Gasteiger partial charge in [-0.05, 0) is 44.9 Å². The minimum absolute atomic E-state index is 0.0483. The van der Waals surface area contributed by atoms with Gasteiger partial charge in [0, 0.05) is 30.8 Å². The zero-order valence-electron chi connectivity index (χ0n) is 16.0. The molecule has 148 valence electrons. The summed E-state index contributed by atoms with van der Waals surface area (Å²) in [6.45, 7) is 8.16. The Hall–Kier alpha value is -1.38. The molecule has 1 amide bonds. The van der Waals surface area contributed by atoms with Gasteiger partial charge in [-0.25, -0.2) is 4.98 Å². The summed E-state index contributed by atoms with van der Waals surface area (Å²) in [6.07, 6.45) is 1.59. The van der Waals surface area contributed by atoms with Crippen LogP contribution < -0.4 is 10.9 Å². The van der Waals surface area contributed by atoms with Crippen LogP contribution in [0, 0.1) is 0 Å². The fourth-order valence-electron chi connectivity index (χ4n) is 2.53. The molecule has 0 fully saturated rings. The monoisotopic (exact) mass is 455 g/mol. The van der Waals surface area contributed by atoms with Gasteiger partial charge < -0.3 is 10.1 Å². The molecule has 0 aliphatic heterocycles. The second-order valence-electron chi connectivity index (χ2n) is 6.11. The Kier molecular flexibility index (Phi) is 8.79. The van der Waals surface area contributed by atoms with Crippen molar-refractivity contribution in [1.82, 2.24) is 14.9 Å². The highest BCUT2D eigenvalue weighted by Crippen LogP contribution is 2.24. The molecular formula is C19H26BrN3O3S. The Labute approximate surface area is 172 Å². The average molecular weight is 456 g/mol. The molecule has 8 heteroatoms. The SMILES string of the molecule is CCCNC(=O)C(C)Sc1nc2ccc(Br)cc2c(=O)n1CCCOCC. The van der Waals surface area contributed by atoms with E-state index in [1.807, 2.05) is 32.9 Å². The van der Waals surface area contributed by atoms with Gasteiger partial charge >= 0.3 is 0 Å². The minimum Gasteiger partial charge on any atom is -0.382 e. The highest BCUT2D eigenvalue weighted by atomic mass is 79.9. The van der Waals surface area contributed by atoms with E-state index in [1.165, 1.54) is 11.8 Å². The number of thioether (sulfide) groups is 1. The lowest BCUT2D eigenvalue weighted by Crippen LogP contribution is -2.32. The lowest BCUT2D eigenvalue weighted by atomic mass is 10.2. The van der Waals surface area contributed by atoms with Crippen LogP contribution in [0.25, 0.3) is 10.9 Å². The molecule has 0 aliphatic rings. The molecule has 1 N–H and O–H groups in total. The van der Waals surface area contributed by atoms with Gasteiger partial charge in [0.1, 0.15) is 0 Å². The van der Waals surface area contributed by atoms with E-state index in [4.69, 9.17) is 4.74 Å². The molecule has 1 heterocycles. The van der Waals surface area contributed by atoms with Crippen LogP contribution in [0.15, 0.2) is 32.6 Å². The second kappa shape index (κ2) is 10.8. The molecule has 1 aromatic heterocycles. The summed E-state index contributed by atoms with van der Waals surface area (Å²) in [5.41, 5.74) is 0.536. The number of benzene rings is 1. The van der Waals surface area contributed by atoms with Crippen LogP contribution in [-0.2, 0) is 16.1 Å². The average Bonchev–Trinajstić information content (AvgIpc) is 2.65. The fraction of sp³-hybridized carbons (Fsp3) is 0.526. The van der Waals surface area contributed by atoms with Crippen molar-refractivity contribution in [2.24, 2.45) is 0 Å². The van der Waals surface area contributed by atoms with E-state index < -0.39 is 0 Å². The van der Waals surface area contributed by atoms with E-state index >= 15 is 0 Å². The second-order valence-corrected chi connectivity index (χ2v) is 8.34. The number of hydrogen-bond acceptors (Lipinski definition) is 5. The Bertz CT molecular complexity index is 841. The summed E-state index contributed by atoms with van der Waals surface area (Å²) < 4.78 is 7.88. The maximum atomic E-state index is 13.0. The van der Waals surface area contributed by atoms with Crippen molar-refractivity contribution in [3.63, 3.8) is 0 Å². The summed E-state index contributed by atoms with van der Waals surface area (Å²) in [7, 11) is 0. The summed E-state index contributed by atoms with van der Waals surface area (Å²) in [5, 5.41) is 3.68. The van der Waals surface area contributed by atoms with Crippen molar-refractivity contribution in [3.8, 4) is 0 Å². The highest BCUT2D eigenvalue weighted by molar-refractivity contribution is 9.10. The number of nitrogens with zero attached hydrogens (tertiary/aromatic N) is 2. The zero-order valence-corrected chi connectivity index (χ0v) is 18.4. The molecule has 0 saturated heterocycles. The van der Waals surface area contributed by atoms with Crippen molar-refractivity contribution < 1.29 is 9.53 Å². The van der Waals surface area contributed by atoms with Gasteiger partial charge in [-0.3, -0.25) is 14.2 Å². The highest BCUT2D eigenvalue weighted by Gasteiger charge is 2.19. The standard InChI is InChI=1S/C19H26BrN3O3S/c1-4-9-21-17(24)13(3)27-19-22-16-8-7-14(20)12-15(16)18(25)23(19)10-6-11-26-5-2/h7-8,12-13H,4-6,9-11H2,1-3H3,(H,21,24). The van der Waals surface area contributed by atoms with Gasteiger partial charge in [0.25, 0.3) is 5.56 Å². The topological polar surface area (TPSA) is 73.2 Å². The number of ether oxygens (including phenoxy) is 1. The van der Waals surface area contributed by atoms with E-state index in [2.05, 4.69) is 26.2 Å². The Balaban J connectivity index is 2.34. The number of carbonyl (C=O) groups excluding carboxylic acids is 1. The van der Waals surface area contributed by atoms with Crippen molar-refractivity contribution in [2.45, 2.75) is 50.6 Å². The third kappa shape index (κ3) is 6.05. The van der Waals surface area contributed by atoms with E-state index in [0.717, 1.165) is 10.9 Å². The summed E-state index contributed by atoms with van der Waals surface area (Å²) in [4.78, 5) is 29.9. The smallest absolute Gasteiger partial charge is 0.262 e. The largest absolute Gasteiger partial charge is 0.382 e. The lowest BCUT2D eigenvalue weighted by Gasteiger charge is -2.16. The quantitative estimate of drug-likeness (QED) is 0.336. The van der Waals surface area contributed by atoms with Gasteiger partial charge in [-0.2, -0.15) is 0 Å². The Morgan fingerprint density at radius 3 is 2.89 bits per heavy atom. The zero-order chi connectivity index (χ0) is 19.8. The minimum atomic E-state index is -0.338. The molecule has 0 spiro atoms. The fourth-order valence-corrected chi connectivity index (χ4v) is 3.85. The van der Waals surface area contributed by atoms with Crippen LogP contribution in [0.5, 0.6) is 0 Å². The number of rotatable bonds is 10. The van der Waals surface area contributed by atoms with Gasteiger partial charge in [0.2, 0.25) is 5.91 Å². The van der Waals surface area contributed by atoms with Crippen molar-refractivity contribution in [3.05, 3.63) is 33.0 Å². The first-order valence-corrected chi connectivity index (χ1v) is 10.9. The summed E-state index contributed by atoms with van der Waals surface area (Å²) in [6, 6.07) is 5.47. The van der Waals surface area contributed by atoms with Crippen LogP contribution in [0.3, 0.4) is 0 Å². The van der Waals surface area contributed by atoms with Crippen molar-refractivity contribution >= 4 is 44.5 Å². The first-order valence-electron chi connectivity index (χ1n) is 9.20. The van der Waals surface area contributed by atoms with E-state index in [1.54, 1.807) is 10.6 Å². The molecule has 6 nitrogen and oxygen atoms in total. The molecule has 2 aromatic rings. The van der Waals surface area contributed by atoms with Crippen LogP contribution >= 0.6 is 27.7 Å². The van der Waals surface area contributed by atoms with Gasteiger partial charge in [0.15, 0.2) is 5.16 Å². The van der Waals surface area contributed by atoms with Crippen LogP contribution in [0.1, 0.15) is 33.6 Å². The number of nitrogens with one attached hydrogen (secondary N) is 1. The molecular weight excluding hydrogens is 430 g/mol. The van der Waals surface area contributed by atoms with Gasteiger partial charge in [-0.15, -0.1) is 0 Å². The molecule has 0 saturated carbocycles. The number of carbonyl (C=O) groups is 1. The molecule has 0 aliphatic carbocycles. The first kappa shape index (κ1) is 21.9. The first-order chi connectivity index (χ1) is 13.0. The van der Waals surface area contributed by atoms with Crippen LogP contribution in [0.2, 0.25) is 0 Å². The normalized spacial score (nSPS) is 12.3. The van der Waals surface area contributed by atoms with Crippen molar-refractivity contribution in [2.75, 3.05) is 19.8 Å². The number of amides is 1. The maximum absolute atomic E-state index is 13.0. The Morgan fingerprint density at radius 1 is 1.41 bits per heavy atom. The lowest BCUT2D eigenvalue weighted by molar-refractivity contribution is -0.120. The number of halogens is 1. The number of fused-ring (bicyclic) bond motifs is 1. The predicted molar refractivity (Wildman–Crippen MR) is 113 cm³/mol. The number of hydrogen-bond donors (Lipinski definition) is 1.